The first-order chi connectivity index (χ1) is 12.1. The van der Waals surface area contributed by atoms with Gasteiger partial charge in [0.2, 0.25) is 11.8 Å². The molecule has 1 N–H and O–H groups in total. The van der Waals surface area contributed by atoms with Gasteiger partial charge in [-0.25, -0.2) is 0 Å². The molecular formula is C20H22N2O3. The normalized spacial score (nSPS) is 13.2. The summed E-state index contributed by atoms with van der Waals surface area (Å²) in [6.45, 7) is 2.11. The average molecular weight is 338 g/mol. The van der Waals surface area contributed by atoms with Crippen LogP contribution in [-0.4, -0.2) is 29.3 Å². The minimum absolute atomic E-state index is 0.0534. The lowest BCUT2D eigenvalue weighted by atomic mass is 10.2. The molecule has 1 aliphatic rings. The molecule has 5 heteroatoms. The summed E-state index contributed by atoms with van der Waals surface area (Å²) in [7, 11) is 0. The van der Waals surface area contributed by atoms with Crippen LogP contribution in [0.4, 0.5) is 5.69 Å². The molecule has 1 aliphatic carbocycles. The number of carbonyl (C=O) groups is 2. The summed E-state index contributed by atoms with van der Waals surface area (Å²) in [5.74, 6) is 0.507. The third-order valence-corrected chi connectivity index (χ3v) is 4.09. The molecule has 25 heavy (non-hydrogen) atoms. The highest BCUT2D eigenvalue weighted by Crippen LogP contribution is 2.26. The van der Waals surface area contributed by atoms with E-state index in [0.717, 1.165) is 24.2 Å². The number of hydrogen-bond donors (Lipinski definition) is 1. The second kappa shape index (κ2) is 7.83. The summed E-state index contributed by atoms with van der Waals surface area (Å²) in [4.78, 5) is 25.3. The molecule has 1 fully saturated rings. The summed E-state index contributed by atoms with van der Waals surface area (Å²) in [6, 6.07) is 17.4. The van der Waals surface area contributed by atoms with Crippen molar-refractivity contribution >= 4 is 17.5 Å². The van der Waals surface area contributed by atoms with E-state index in [1.54, 1.807) is 17.0 Å². The van der Waals surface area contributed by atoms with Gasteiger partial charge in [-0.2, -0.15) is 0 Å². The number of anilines is 1. The van der Waals surface area contributed by atoms with Gasteiger partial charge in [0.05, 0.1) is 0 Å². The smallest absolute Gasteiger partial charge is 0.244 e. The van der Waals surface area contributed by atoms with E-state index in [9.17, 15) is 9.59 Å². The van der Waals surface area contributed by atoms with Gasteiger partial charge < -0.3 is 15.0 Å². The maximum absolute atomic E-state index is 12.1. The second-order valence-electron chi connectivity index (χ2n) is 6.22. The quantitative estimate of drug-likeness (QED) is 0.843. The van der Waals surface area contributed by atoms with Crippen LogP contribution in [-0.2, 0) is 16.2 Å². The Morgan fingerprint density at radius 1 is 1.08 bits per heavy atom. The molecule has 2 aromatic carbocycles. The predicted octanol–water partition coefficient (Wildman–Crippen LogP) is 3.22. The Hall–Kier alpha value is -2.82. The maximum Gasteiger partial charge on any atom is 0.244 e. The standard InChI is InChI=1S/C20H22N2O3/c1-15(23)22(18-9-10-18)13-20(24)21-17-7-11-19(12-8-17)25-14-16-5-3-2-4-6-16/h2-8,11-12,18H,9-10,13-14H2,1H3,(H,21,24). The Morgan fingerprint density at radius 2 is 1.76 bits per heavy atom. The molecule has 0 aliphatic heterocycles. The summed E-state index contributed by atoms with van der Waals surface area (Å²) in [5.41, 5.74) is 1.79. The van der Waals surface area contributed by atoms with E-state index >= 15 is 0 Å². The molecular weight excluding hydrogens is 316 g/mol. The molecule has 0 aromatic heterocycles. The topological polar surface area (TPSA) is 58.6 Å². The predicted molar refractivity (Wildman–Crippen MR) is 96.3 cm³/mol. The first-order valence-corrected chi connectivity index (χ1v) is 8.45. The van der Waals surface area contributed by atoms with Crippen LogP contribution in [0.25, 0.3) is 0 Å². The Labute approximate surface area is 147 Å². The third-order valence-electron chi connectivity index (χ3n) is 4.09. The fraction of sp³-hybridized carbons (Fsp3) is 0.300. The third kappa shape index (κ3) is 5.08. The second-order valence-corrected chi connectivity index (χ2v) is 6.22. The summed E-state index contributed by atoms with van der Waals surface area (Å²) in [6.07, 6.45) is 1.97. The monoisotopic (exact) mass is 338 g/mol. The number of rotatable bonds is 7. The van der Waals surface area contributed by atoms with Crippen LogP contribution in [0.1, 0.15) is 25.3 Å². The van der Waals surface area contributed by atoms with E-state index in [4.69, 9.17) is 4.74 Å². The van der Waals surface area contributed by atoms with Gasteiger partial charge in [0, 0.05) is 18.7 Å². The molecule has 0 saturated heterocycles. The molecule has 3 rings (SSSR count). The van der Waals surface area contributed by atoms with Crippen molar-refractivity contribution in [2.24, 2.45) is 0 Å². The largest absolute Gasteiger partial charge is 0.489 e. The van der Waals surface area contributed by atoms with Crippen LogP contribution in [0.5, 0.6) is 5.75 Å². The van der Waals surface area contributed by atoms with Gasteiger partial charge in [-0.15, -0.1) is 0 Å². The highest BCUT2D eigenvalue weighted by atomic mass is 16.5. The van der Waals surface area contributed by atoms with Gasteiger partial charge in [-0.05, 0) is 42.7 Å². The number of hydrogen-bond acceptors (Lipinski definition) is 3. The molecule has 0 spiro atoms. The van der Waals surface area contributed by atoms with Crippen LogP contribution in [0.3, 0.4) is 0 Å². The van der Waals surface area contributed by atoms with Crippen molar-refractivity contribution in [3.63, 3.8) is 0 Å². The van der Waals surface area contributed by atoms with Crippen molar-refractivity contribution in [2.45, 2.75) is 32.4 Å². The molecule has 5 nitrogen and oxygen atoms in total. The summed E-state index contributed by atoms with van der Waals surface area (Å²) >= 11 is 0. The van der Waals surface area contributed by atoms with Gasteiger partial charge in [0.1, 0.15) is 18.9 Å². The fourth-order valence-corrected chi connectivity index (χ4v) is 2.61. The SMILES string of the molecule is CC(=O)N(CC(=O)Nc1ccc(OCc2ccccc2)cc1)C1CC1. The number of carbonyl (C=O) groups excluding carboxylic acids is 2. The molecule has 2 aromatic rings. The lowest BCUT2D eigenvalue weighted by Crippen LogP contribution is -2.38. The van der Waals surface area contributed by atoms with Gasteiger partial charge in [-0.1, -0.05) is 30.3 Å². The number of nitrogens with zero attached hydrogens (tertiary/aromatic N) is 1. The summed E-state index contributed by atoms with van der Waals surface area (Å²) < 4.78 is 5.72. The first kappa shape index (κ1) is 17.0. The zero-order chi connectivity index (χ0) is 17.6. The van der Waals surface area contributed by atoms with Crippen molar-refractivity contribution in [1.29, 1.82) is 0 Å². The first-order valence-electron chi connectivity index (χ1n) is 8.45. The van der Waals surface area contributed by atoms with Gasteiger partial charge in [0.25, 0.3) is 0 Å². The lowest BCUT2D eigenvalue weighted by Gasteiger charge is -2.19. The highest BCUT2D eigenvalue weighted by Gasteiger charge is 2.31. The van der Waals surface area contributed by atoms with E-state index in [1.807, 2.05) is 42.5 Å². The van der Waals surface area contributed by atoms with Gasteiger partial charge in [0.15, 0.2) is 0 Å². The van der Waals surface area contributed by atoms with Crippen molar-refractivity contribution in [2.75, 3.05) is 11.9 Å². The van der Waals surface area contributed by atoms with Crippen LogP contribution in [0.2, 0.25) is 0 Å². The van der Waals surface area contributed by atoms with Crippen molar-refractivity contribution < 1.29 is 14.3 Å². The zero-order valence-electron chi connectivity index (χ0n) is 14.3. The van der Waals surface area contributed by atoms with E-state index in [-0.39, 0.29) is 24.4 Å². The Morgan fingerprint density at radius 3 is 2.36 bits per heavy atom. The minimum Gasteiger partial charge on any atom is -0.489 e. The van der Waals surface area contributed by atoms with E-state index < -0.39 is 0 Å². The number of amides is 2. The molecule has 0 heterocycles. The van der Waals surface area contributed by atoms with Crippen LogP contribution < -0.4 is 10.1 Å². The lowest BCUT2D eigenvalue weighted by molar-refractivity contribution is -0.133. The highest BCUT2D eigenvalue weighted by molar-refractivity contribution is 5.94. The molecule has 0 atom stereocenters. The van der Waals surface area contributed by atoms with Crippen LogP contribution >= 0.6 is 0 Å². The van der Waals surface area contributed by atoms with Crippen molar-refractivity contribution in [1.82, 2.24) is 4.90 Å². The number of nitrogens with one attached hydrogen (secondary N) is 1. The molecule has 0 radical (unpaired) electrons. The van der Waals surface area contributed by atoms with Crippen molar-refractivity contribution in [3.05, 3.63) is 60.2 Å². The van der Waals surface area contributed by atoms with E-state index in [2.05, 4.69) is 5.32 Å². The molecule has 1 saturated carbocycles. The number of ether oxygens (including phenoxy) is 1. The molecule has 0 bridgehead atoms. The van der Waals surface area contributed by atoms with E-state index in [1.165, 1.54) is 6.92 Å². The van der Waals surface area contributed by atoms with Gasteiger partial charge >= 0.3 is 0 Å². The average Bonchev–Trinajstić information content (AvgIpc) is 3.45. The van der Waals surface area contributed by atoms with Crippen molar-refractivity contribution in [3.8, 4) is 5.75 Å². The summed E-state index contributed by atoms with van der Waals surface area (Å²) in [5, 5.41) is 2.82. The Balaban J connectivity index is 1.50. The van der Waals surface area contributed by atoms with Crippen LogP contribution in [0.15, 0.2) is 54.6 Å². The Bertz CT molecular complexity index is 724. The van der Waals surface area contributed by atoms with Crippen LogP contribution in [0, 0.1) is 0 Å². The van der Waals surface area contributed by atoms with Gasteiger partial charge in [-0.3, -0.25) is 9.59 Å². The minimum atomic E-state index is -0.181. The molecule has 2 amide bonds. The fourth-order valence-electron chi connectivity index (χ4n) is 2.61. The molecule has 130 valence electrons. The number of benzene rings is 2. The zero-order valence-corrected chi connectivity index (χ0v) is 14.3. The van der Waals surface area contributed by atoms with E-state index in [0.29, 0.717) is 12.3 Å². The Kier molecular flexibility index (Phi) is 5.33. The maximum atomic E-state index is 12.1. The molecule has 0 unspecified atom stereocenters.